The third-order valence-electron chi connectivity index (χ3n) is 1.47. The van der Waals surface area contributed by atoms with Gasteiger partial charge < -0.3 is 11.1 Å². The maximum atomic E-state index is 10.1. The van der Waals surface area contributed by atoms with Gasteiger partial charge in [-0.15, -0.1) is 0 Å². The minimum atomic E-state index is 0.277. The van der Waals surface area contributed by atoms with Gasteiger partial charge in [-0.05, 0) is 18.2 Å². The monoisotopic (exact) mass is 214 g/mol. The Morgan fingerprint density at radius 3 is 2.77 bits per heavy atom. The molecule has 0 aliphatic rings. The number of halogens is 1. The number of amides is 1. The minimum absolute atomic E-state index is 0.277. The second-order valence-corrected chi connectivity index (χ2v) is 3.17. The molecule has 0 bridgehead atoms. The molecular weight excluding hydrogens is 208 g/mol. The van der Waals surface area contributed by atoms with Crippen LogP contribution in [0.4, 0.5) is 5.69 Å². The van der Waals surface area contributed by atoms with E-state index in [9.17, 15) is 4.79 Å². The van der Waals surface area contributed by atoms with Crippen molar-refractivity contribution in [3.8, 4) is 0 Å². The Morgan fingerprint density at radius 1 is 1.62 bits per heavy atom. The summed E-state index contributed by atoms with van der Waals surface area (Å²) < 4.78 is 0. The molecule has 0 saturated heterocycles. The summed E-state index contributed by atoms with van der Waals surface area (Å²) in [5.41, 5.74) is 6.61. The van der Waals surface area contributed by atoms with Crippen LogP contribution in [0.5, 0.6) is 0 Å². The molecular formula is C8H7ClN2OS. The number of hydrogen-bond donors (Lipinski definition) is 2. The Bertz CT molecular complexity index is 354. The Balaban J connectivity index is 3.04. The summed E-state index contributed by atoms with van der Waals surface area (Å²) in [4.78, 5) is 10.4. The normalized spacial score (nSPS) is 9.31. The molecule has 0 spiro atoms. The lowest BCUT2D eigenvalue weighted by molar-refractivity contribution is -0.105. The summed E-state index contributed by atoms with van der Waals surface area (Å²) in [7, 11) is 0. The van der Waals surface area contributed by atoms with Gasteiger partial charge in [-0.2, -0.15) is 0 Å². The smallest absolute Gasteiger partial charge is 0.211 e. The van der Waals surface area contributed by atoms with E-state index in [4.69, 9.17) is 29.6 Å². The van der Waals surface area contributed by atoms with Gasteiger partial charge in [0.1, 0.15) is 4.99 Å². The number of nitrogens with one attached hydrogen (secondary N) is 1. The fourth-order valence-electron chi connectivity index (χ4n) is 0.849. The van der Waals surface area contributed by atoms with Gasteiger partial charge in [-0.3, -0.25) is 4.79 Å². The van der Waals surface area contributed by atoms with Crippen LogP contribution in [0.25, 0.3) is 0 Å². The van der Waals surface area contributed by atoms with Crippen LogP contribution in [-0.4, -0.2) is 11.4 Å². The predicted molar refractivity (Wildman–Crippen MR) is 57.0 cm³/mol. The largest absolute Gasteiger partial charge is 0.389 e. The Hall–Kier alpha value is -1.13. The van der Waals surface area contributed by atoms with Gasteiger partial charge >= 0.3 is 0 Å². The molecule has 1 aromatic rings. The number of carbonyl (C=O) groups excluding carboxylic acids is 1. The zero-order valence-corrected chi connectivity index (χ0v) is 8.15. The Kier molecular flexibility index (Phi) is 3.22. The number of carbonyl (C=O) groups is 1. The van der Waals surface area contributed by atoms with Crippen LogP contribution >= 0.6 is 23.8 Å². The molecule has 0 aromatic heterocycles. The average molecular weight is 215 g/mol. The van der Waals surface area contributed by atoms with Gasteiger partial charge in [0.25, 0.3) is 0 Å². The first-order valence-corrected chi connectivity index (χ1v) is 4.23. The van der Waals surface area contributed by atoms with Gasteiger partial charge in [0.05, 0.1) is 10.7 Å². The maximum absolute atomic E-state index is 10.1. The first-order valence-electron chi connectivity index (χ1n) is 3.44. The van der Waals surface area contributed by atoms with Crippen molar-refractivity contribution in [2.45, 2.75) is 0 Å². The third kappa shape index (κ3) is 2.40. The Labute approximate surface area is 85.9 Å². The number of thiocarbonyl (C=S) groups is 1. The second-order valence-electron chi connectivity index (χ2n) is 2.32. The van der Waals surface area contributed by atoms with E-state index in [0.717, 1.165) is 0 Å². The summed E-state index contributed by atoms with van der Waals surface area (Å²) in [6.07, 6.45) is 0.557. The van der Waals surface area contributed by atoms with Crippen LogP contribution in [0.1, 0.15) is 5.56 Å². The molecule has 0 aliphatic heterocycles. The van der Waals surface area contributed by atoms with Crippen LogP contribution in [0, 0.1) is 0 Å². The number of nitrogens with two attached hydrogens (primary N) is 1. The molecule has 0 saturated carbocycles. The number of anilines is 1. The summed E-state index contributed by atoms with van der Waals surface area (Å²) in [6.45, 7) is 0. The highest BCUT2D eigenvalue weighted by Crippen LogP contribution is 2.22. The molecule has 1 aromatic carbocycles. The molecule has 68 valence electrons. The second kappa shape index (κ2) is 4.20. The topological polar surface area (TPSA) is 55.1 Å². The van der Waals surface area contributed by atoms with Gasteiger partial charge in [0, 0.05) is 5.56 Å². The van der Waals surface area contributed by atoms with Crippen molar-refractivity contribution in [1.29, 1.82) is 0 Å². The highest BCUT2D eigenvalue weighted by Gasteiger charge is 2.02. The lowest BCUT2D eigenvalue weighted by Crippen LogP contribution is -2.09. The number of rotatable bonds is 3. The summed E-state index contributed by atoms with van der Waals surface area (Å²) in [5, 5.41) is 2.86. The molecule has 0 aliphatic carbocycles. The Morgan fingerprint density at radius 2 is 2.31 bits per heavy atom. The molecule has 3 nitrogen and oxygen atoms in total. The van der Waals surface area contributed by atoms with Crippen LogP contribution in [0.3, 0.4) is 0 Å². The first kappa shape index (κ1) is 9.95. The first-order chi connectivity index (χ1) is 6.15. The van der Waals surface area contributed by atoms with Crippen molar-refractivity contribution in [2.75, 3.05) is 5.32 Å². The van der Waals surface area contributed by atoms with Gasteiger partial charge in [0.15, 0.2) is 0 Å². The van der Waals surface area contributed by atoms with E-state index in [0.29, 0.717) is 22.7 Å². The van der Waals surface area contributed by atoms with Crippen molar-refractivity contribution < 1.29 is 4.79 Å². The average Bonchev–Trinajstić information content (AvgIpc) is 2.08. The van der Waals surface area contributed by atoms with Crippen molar-refractivity contribution in [1.82, 2.24) is 0 Å². The van der Waals surface area contributed by atoms with Gasteiger partial charge in [-0.1, -0.05) is 23.8 Å². The van der Waals surface area contributed by atoms with Crippen LogP contribution in [-0.2, 0) is 4.79 Å². The fraction of sp³-hybridized carbons (Fsp3) is 0. The van der Waals surface area contributed by atoms with Crippen LogP contribution in [0.15, 0.2) is 18.2 Å². The molecule has 1 rings (SSSR count). The van der Waals surface area contributed by atoms with Gasteiger partial charge in [0.2, 0.25) is 6.41 Å². The lowest BCUT2D eigenvalue weighted by atomic mass is 10.2. The number of hydrogen-bond acceptors (Lipinski definition) is 2. The molecule has 0 radical (unpaired) electrons. The number of benzene rings is 1. The van der Waals surface area contributed by atoms with Crippen molar-refractivity contribution >= 4 is 40.9 Å². The van der Waals surface area contributed by atoms with E-state index in [1.807, 2.05) is 0 Å². The van der Waals surface area contributed by atoms with E-state index < -0.39 is 0 Å². The van der Waals surface area contributed by atoms with E-state index in [-0.39, 0.29) is 4.99 Å². The minimum Gasteiger partial charge on any atom is -0.389 e. The summed E-state index contributed by atoms with van der Waals surface area (Å²) >= 11 is 10.6. The highest BCUT2D eigenvalue weighted by atomic mass is 35.5. The maximum Gasteiger partial charge on any atom is 0.211 e. The standard InChI is InChI=1S/C8H7ClN2OS/c9-6-3-5(8(10)13)1-2-7(6)11-4-12/h1-4H,(H2,10,13)(H,11,12). The summed E-state index contributed by atoms with van der Waals surface area (Å²) in [5.74, 6) is 0. The lowest BCUT2D eigenvalue weighted by Gasteiger charge is -2.03. The van der Waals surface area contributed by atoms with Crippen molar-refractivity contribution in [3.63, 3.8) is 0 Å². The van der Waals surface area contributed by atoms with Gasteiger partial charge in [-0.25, -0.2) is 0 Å². The fourth-order valence-corrected chi connectivity index (χ4v) is 1.21. The predicted octanol–water partition coefficient (Wildman–Crippen LogP) is 1.54. The molecule has 0 atom stereocenters. The molecule has 13 heavy (non-hydrogen) atoms. The third-order valence-corrected chi connectivity index (χ3v) is 2.02. The zero-order chi connectivity index (χ0) is 9.84. The van der Waals surface area contributed by atoms with E-state index >= 15 is 0 Å². The van der Waals surface area contributed by atoms with Crippen LogP contribution < -0.4 is 11.1 Å². The van der Waals surface area contributed by atoms with Crippen molar-refractivity contribution in [3.05, 3.63) is 28.8 Å². The quantitative estimate of drug-likeness (QED) is 0.593. The van der Waals surface area contributed by atoms with Crippen molar-refractivity contribution in [2.24, 2.45) is 5.73 Å². The SMILES string of the molecule is NC(=S)c1ccc(NC=O)c(Cl)c1. The van der Waals surface area contributed by atoms with E-state index in [2.05, 4.69) is 5.32 Å². The highest BCUT2D eigenvalue weighted by molar-refractivity contribution is 7.80. The molecule has 3 N–H and O–H groups in total. The van der Waals surface area contributed by atoms with Crippen LogP contribution in [0.2, 0.25) is 5.02 Å². The van der Waals surface area contributed by atoms with E-state index in [1.165, 1.54) is 0 Å². The van der Waals surface area contributed by atoms with E-state index in [1.54, 1.807) is 18.2 Å². The molecule has 5 heteroatoms. The molecule has 1 amide bonds. The zero-order valence-electron chi connectivity index (χ0n) is 6.58. The summed E-state index contributed by atoms with van der Waals surface area (Å²) in [6, 6.07) is 4.95. The molecule has 0 unspecified atom stereocenters. The molecule has 0 fully saturated rings. The molecule has 0 heterocycles.